The summed E-state index contributed by atoms with van der Waals surface area (Å²) in [7, 11) is 1.74. The van der Waals surface area contributed by atoms with Crippen LogP contribution in [0.4, 0.5) is 10.8 Å². The number of carbonyl (C=O) groups excluding carboxylic acids is 1. The van der Waals surface area contributed by atoms with Gasteiger partial charge in [-0.05, 0) is 44.4 Å². The van der Waals surface area contributed by atoms with Crippen LogP contribution in [-0.4, -0.2) is 67.0 Å². The first-order valence-electron chi connectivity index (χ1n) is 12.2. The Morgan fingerprint density at radius 1 is 1.09 bits per heavy atom. The third kappa shape index (κ3) is 4.88. The van der Waals surface area contributed by atoms with E-state index in [0.717, 1.165) is 98.2 Å². The van der Waals surface area contributed by atoms with Crippen molar-refractivity contribution in [2.45, 2.75) is 32.7 Å². The van der Waals surface area contributed by atoms with Crippen LogP contribution in [0.15, 0.2) is 35.8 Å². The third-order valence-corrected chi connectivity index (χ3v) is 8.05. The van der Waals surface area contributed by atoms with Crippen molar-refractivity contribution in [1.82, 2.24) is 14.9 Å². The maximum Gasteiger partial charge on any atom is 0.185 e. The van der Waals surface area contributed by atoms with Gasteiger partial charge >= 0.3 is 0 Å². The molecule has 4 heterocycles. The van der Waals surface area contributed by atoms with Crippen molar-refractivity contribution in [1.29, 1.82) is 0 Å². The molecule has 0 bridgehead atoms. The molecule has 0 spiro atoms. The van der Waals surface area contributed by atoms with E-state index in [0.29, 0.717) is 5.78 Å². The Balaban J connectivity index is 1.23. The molecule has 180 valence electrons. The Hall–Kier alpha value is -2.71. The minimum atomic E-state index is 0.228. The predicted molar refractivity (Wildman–Crippen MR) is 138 cm³/mol. The monoisotopic (exact) mass is 479 g/mol. The normalized spacial score (nSPS) is 18.3. The number of rotatable bonds is 6. The highest BCUT2D eigenvalue weighted by atomic mass is 32.1. The van der Waals surface area contributed by atoms with Gasteiger partial charge < -0.3 is 14.5 Å². The maximum atomic E-state index is 11.7. The number of benzene rings is 1. The number of ether oxygens (including phenoxy) is 1. The molecule has 2 fully saturated rings. The zero-order chi connectivity index (χ0) is 23.5. The van der Waals surface area contributed by atoms with E-state index < -0.39 is 0 Å². The van der Waals surface area contributed by atoms with Gasteiger partial charge in [0.2, 0.25) is 0 Å². The predicted octanol–water partition coefficient (Wildman–Crippen LogP) is 4.22. The van der Waals surface area contributed by atoms with Crippen molar-refractivity contribution in [3.63, 3.8) is 0 Å². The number of carbonyl (C=O) groups is 1. The molecule has 2 aliphatic heterocycles. The fourth-order valence-corrected chi connectivity index (χ4v) is 6.02. The van der Waals surface area contributed by atoms with Gasteiger partial charge in [0.15, 0.2) is 5.13 Å². The fourth-order valence-electron chi connectivity index (χ4n) is 5.15. The van der Waals surface area contributed by atoms with E-state index in [9.17, 15) is 4.79 Å². The number of Topliss-reactive ketones (excluding diaryl/α,β-unsaturated/α-hetero) is 1. The Bertz CT molecular complexity index is 1140. The first-order chi connectivity index (χ1) is 16.6. The number of thiazole rings is 1. The number of hydrogen-bond donors (Lipinski definition) is 0. The Morgan fingerprint density at radius 2 is 1.94 bits per heavy atom. The molecule has 0 amide bonds. The van der Waals surface area contributed by atoms with E-state index in [1.54, 1.807) is 25.4 Å². The summed E-state index contributed by atoms with van der Waals surface area (Å²) in [5.41, 5.74) is 3.26. The standard InChI is InChI=1S/C26H33N5O2S/c1-19(32)20-8-13-31(14-9-20)26-28-22(18-34-26)17-29-11-4-12-30(16-15-29)25-23(33-2)7-6-21-5-3-10-27-24(21)25/h3,5-7,10,18,20H,4,8-9,11-17H2,1-2H3. The number of methoxy groups -OCH3 is 1. The van der Waals surface area contributed by atoms with Crippen LogP contribution in [0.25, 0.3) is 10.9 Å². The molecule has 2 aliphatic rings. The summed E-state index contributed by atoms with van der Waals surface area (Å²) in [6.45, 7) is 8.39. The van der Waals surface area contributed by atoms with Crippen LogP contribution >= 0.6 is 11.3 Å². The van der Waals surface area contributed by atoms with Crippen molar-refractivity contribution in [3.05, 3.63) is 41.5 Å². The molecule has 0 aliphatic carbocycles. The molecule has 8 heteroatoms. The van der Waals surface area contributed by atoms with Gasteiger partial charge in [0, 0.05) is 68.7 Å². The van der Waals surface area contributed by atoms with Crippen LogP contribution < -0.4 is 14.5 Å². The molecule has 2 saturated heterocycles. The number of anilines is 2. The van der Waals surface area contributed by atoms with E-state index in [-0.39, 0.29) is 5.92 Å². The van der Waals surface area contributed by atoms with E-state index in [1.807, 2.05) is 12.3 Å². The molecular formula is C26H33N5O2S. The second kappa shape index (κ2) is 10.3. The highest BCUT2D eigenvalue weighted by Crippen LogP contribution is 2.36. The largest absolute Gasteiger partial charge is 0.494 e. The van der Waals surface area contributed by atoms with Crippen LogP contribution in [0.3, 0.4) is 0 Å². The zero-order valence-corrected chi connectivity index (χ0v) is 20.9. The van der Waals surface area contributed by atoms with Crippen LogP contribution in [0.2, 0.25) is 0 Å². The summed E-state index contributed by atoms with van der Waals surface area (Å²) in [5.74, 6) is 1.44. The van der Waals surface area contributed by atoms with Crippen molar-refractivity contribution in [3.8, 4) is 5.75 Å². The number of hydrogen-bond acceptors (Lipinski definition) is 8. The molecule has 34 heavy (non-hydrogen) atoms. The van der Waals surface area contributed by atoms with Crippen LogP contribution in [-0.2, 0) is 11.3 Å². The van der Waals surface area contributed by atoms with Crippen molar-refractivity contribution in [2.24, 2.45) is 5.92 Å². The summed E-state index contributed by atoms with van der Waals surface area (Å²) in [6.07, 6.45) is 4.83. The number of nitrogens with zero attached hydrogens (tertiary/aromatic N) is 5. The van der Waals surface area contributed by atoms with E-state index in [2.05, 4.69) is 43.3 Å². The smallest absolute Gasteiger partial charge is 0.185 e. The first kappa shape index (κ1) is 23.1. The number of pyridine rings is 1. The number of aromatic nitrogens is 2. The maximum absolute atomic E-state index is 11.7. The SMILES string of the molecule is COc1ccc2cccnc2c1N1CCCN(Cc2csc(N3CCC(C(C)=O)CC3)n2)CC1. The average molecular weight is 480 g/mol. The highest BCUT2D eigenvalue weighted by Gasteiger charge is 2.25. The molecule has 0 radical (unpaired) electrons. The Morgan fingerprint density at radius 3 is 2.74 bits per heavy atom. The summed E-state index contributed by atoms with van der Waals surface area (Å²) >= 11 is 1.73. The molecule has 2 aromatic heterocycles. The van der Waals surface area contributed by atoms with E-state index >= 15 is 0 Å². The Kier molecular flexibility index (Phi) is 6.97. The molecular weight excluding hydrogens is 446 g/mol. The molecule has 0 saturated carbocycles. The van der Waals surface area contributed by atoms with Crippen molar-refractivity contribution in [2.75, 3.05) is 56.2 Å². The summed E-state index contributed by atoms with van der Waals surface area (Å²) in [5, 5.41) is 4.44. The molecule has 1 aromatic carbocycles. The molecule has 0 unspecified atom stereocenters. The lowest BCUT2D eigenvalue weighted by Crippen LogP contribution is -2.35. The number of fused-ring (bicyclic) bond motifs is 1. The van der Waals surface area contributed by atoms with Gasteiger partial charge in [-0.15, -0.1) is 11.3 Å². The lowest BCUT2D eigenvalue weighted by molar-refractivity contribution is -0.121. The van der Waals surface area contributed by atoms with Crippen LogP contribution in [0.5, 0.6) is 5.75 Å². The minimum absolute atomic E-state index is 0.228. The van der Waals surface area contributed by atoms with Crippen LogP contribution in [0.1, 0.15) is 31.9 Å². The van der Waals surface area contributed by atoms with E-state index in [4.69, 9.17) is 9.72 Å². The zero-order valence-electron chi connectivity index (χ0n) is 20.1. The third-order valence-electron chi connectivity index (χ3n) is 7.10. The van der Waals surface area contributed by atoms with E-state index in [1.165, 1.54) is 0 Å². The second-order valence-electron chi connectivity index (χ2n) is 9.30. The molecule has 5 rings (SSSR count). The lowest BCUT2D eigenvalue weighted by Gasteiger charge is -2.30. The van der Waals surface area contributed by atoms with Gasteiger partial charge in [-0.25, -0.2) is 4.98 Å². The van der Waals surface area contributed by atoms with Gasteiger partial charge in [-0.1, -0.05) is 6.07 Å². The number of piperidine rings is 1. The molecule has 3 aromatic rings. The lowest BCUT2D eigenvalue weighted by atomic mass is 9.94. The topological polar surface area (TPSA) is 61.8 Å². The fraction of sp³-hybridized carbons (Fsp3) is 0.500. The van der Waals surface area contributed by atoms with Gasteiger partial charge in [-0.3, -0.25) is 14.7 Å². The quantitative estimate of drug-likeness (QED) is 0.525. The summed E-state index contributed by atoms with van der Waals surface area (Å²) < 4.78 is 5.72. The molecule has 0 N–H and O–H groups in total. The van der Waals surface area contributed by atoms with Crippen molar-refractivity contribution < 1.29 is 9.53 Å². The van der Waals surface area contributed by atoms with Crippen molar-refractivity contribution >= 4 is 38.8 Å². The van der Waals surface area contributed by atoms with Gasteiger partial charge in [0.25, 0.3) is 0 Å². The number of ketones is 1. The molecule has 7 nitrogen and oxygen atoms in total. The highest BCUT2D eigenvalue weighted by molar-refractivity contribution is 7.13. The summed E-state index contributed by atoms with van der Waals surface area (Å²) in [4.78, 5) is 28.6. The Labute approximate surface area is 205 Å². The van der Waals surface area contributed by atoms with Gasteiger partial charge in [0.05, 0.1) is 18.3 Å². The minimum Gasteiger partial charge on any atom is -0.494 e. The summed E-state index contributed by atoms with van der Waals surface area (Å²) in [6, 6.07) is 8.23. The molecule has 0 atom stereocenters. The first-order valence-corrected chi connectivity index (χ1v) is 13.1. The second-order valence-corrected chi connectivity index (χ2v) is 10.1. The average Bonchev–Trinajstić information content (AvgIpc) is 3.21. The van der Waals surface area contributed by atoms with Gasteiger partial charge in [0.1, 0.15) is 17.2 Å². The van der Waals surface area contributed by atoms with Crippen LogP contribution in [0, 0.1) is 5.92 Å². The van der Waals surface area contributed by atoms with Gasteiger partial charge in [-0.2, -0.15) is 0 Å².